The van der Waals surface area contributed by atoms with E-state index < -0.39 is 0 Å². The molecule has 1 fully saturated rings. The number of carbonyl (C=O) groups is 1. The Labute approximate surface area is 169 Å². The van der Waals surface area contributed by atoms with Gasteiger partial charge < -0.3 is 9.80 Å². The summed E-state index contributed by atoms with van der Waals surface area (Å²) in [5.74, 6) is 0.778. The minimum absolute atomic E-state index is 0. The first kappa shape index (κ1) is 21.5. The fourth-order valence-electron chi connectivity index (χ4n) is 4.56. The molecule has 1 atom stereocenters. The molecule has 3 nitrogen and oxygen atoms in total. The number of benzene rings is 2. The summed E-state index contributed by atoms with van der Waals surface area (Å²) in [5, 5.41) is 0. The zero-order chi connectivity index (χ0) is 18.5. The maximum absolute atomic E-state index is 12.3. The van der Waals surface area contributed by atoms with Gasteiger partial charge in [0.2, 0.25) is 5.91 Å². The van der Waals surface area contributed by atoms with Crippen molar-refractivity contribution in [3.05, 3.63) is 66.2 Å². The Bertz CT molecular complexity index is 697. The van der Waals surface area contributed by atoms with Crippen LogP contribution in [0.3, 0.4) is 0 Å². The van der Waals surface area contributed by atoms with E-state index in [0.29, 0.717) is 18.0 Å². The standard InChI is InChI=1S/C23H30N2O.ClH/c1-18(26)25(21-12-8-5-9-13-21)22-16-14-20(15-17-22)23(24(2)3)19-10-6-4-7-11-19;/h4-13,20,22-23H,14-17H2,1-3H3;1H. The van der Waals surface area contributed by atoms with Crippen molar-refractivity contribution >= 4 is 24.0 Å². The fraction of sp³-hybridized carbons (Fsp3) is 0.435. The zero-order valence-electron chi connectivity index (χ0n) is 16.5. The molecular weight excluding hydrogens is 356 g/mol. The molecule has 3 rings (SSSR count). The minimum Gasteiger partial charge on any atom is -0.310 e. The van der Waals surface area contributed by atoms with Crippen molar-refractivity contribution in [3.63, 3.8) is 0 Å². The highest BCUT2D eigenvalue weighted by molar-refractivity contribution is 5.92. The lowest BCUT2D eigenvalue weighted by Gasteiger charge is -2.41. The first-order valence-corrected chi connectivity index (χ1v) is 9.64. The Morgan fingerprint density at radius 3 is 1.89 bits per heavy atom. The van der Waals surface area contributed by atoms with Crippen molar-refractivity contribution in [2.75, 3.05) is 19.0 Å². The quantitative estimate of drug-likeness (QED) is 0.693. The molecule has 4 heteroatoms. The van der Waals surface area contributed by atoms with Crippen molar-refractivity contribution in [3.8, 4) is 0 Å². The Hall–Kier alpha value is -1.84. The van der Waals surface area contributed by atoms with Crippen LogP contribution in [0.2, 0.25) is 0 Å². The van der Waals surface area contributed by atoms with Gasteiger partial charge >= 0.3 is 0 Å². The number of hydrogen-bond acceptors (Lipinski definition) is 2. The van der Waals surface area contributed by atoms with E-state index in [1.165, 1.54) is 5.56 Å². The number of anilines is 1. The van der Waals surface area contributed by atoms with Gasteiger partial charge in [-0.2, -0.15) is 0 Å². The second kappa shape index (κ2) is 9.91. The van der Waals surface area contributed by atoms with E-state index in [0.717, 1.165) is 31.4 Å². The van der Waals surface area contributed by atoms with Gasteiger partial charge in [-0.3, -0.25) is 4.79 Å². The Kier molecular flexibility index (Phi) is 7.88. The van der Waals surface area contributed by atoms with E-state index in [2.05, 4.69) is 49.3 Å². The second-order valence-corrected chi connectivity index (χ2v) is 7.61. The average molecular weight is 387 g/mol. The van der Waals surface area contributed by atoms with Gasteiger partial charge in [0.1, 0.15) is 0 Å². The summed E-state index contributed by atoms with van der Waals surface area (Å²) >= 11 is 0. The maximum atomic E-state index is 12.3. The van der Waals surface area contributed by atoms with Crippen molar-refractivity contribution < 1.29 is 4.79 Å². The molecule has 0 heterocycles. The Morgan fingerprint density at radius 2 is 1.41 bits per heavy atom. The van der Waals surface area contributed by atoms with Crippen molar-refractivity contribution in [1.82, 2.24) is 4.90 Å². The Balaban J connectivity index is 0.00000261. The van der Waals surface area contributed by atoms with Gasteiger partial charge in [0, 0.05) is 24.7 Å². The predicted octanol–water partition coefficient (Wildman–Crippen LogP) is 5.32. The van der Waals surface area contributed by atoms with Crippen LogP contribution in [-0.4, -0.2) is 30.9 Å². The lowest BCUT2D eigenvalue weighted by molar-refractivity contribution is -0.117. The van der Waals surface area contributed by atoms with Crippen LogP contribution in [0.25, 0.3) is 0 Å². The fourth-order valence-corrected chi connectivity index (χ4v) is 4.56. The molecule has 0 saturated heterocycles. The van der Waals surface area contributed by atoms with Crippen molar-refractivity contribution in [2.24, 2.45) is 5.92 Å². The van der Waals surface area contributed by atoms with Crippen LogP contribution >= 0.6 is 12.4 Å². The summed E-state index contributed by atoms with van der Waals surface area (Å²) < 4.78 is 0. The molecule has 0 N–H and O–H groups in total. The van der Waals surface area contributed by atoms with Crippen molar-refractivity contribution in [2.45, 2.75) is 44.7 Å². The molecule has 0 aromatic heterocycles. The highest BCUT2D eigenvalue weighted by atomic mass is 35.5. The van der Waals surface area contributed by atoms with E-state index in [4.69, 9.17) is 0 Å². The smallest absolute Gasteiger partial charge is 0.224 e. The molecule has 2 aromatic carbocycles. The number of hydrogen-bond donors (Lipinski definition) is 0. The van der Waals surface area contributed by atoms with Gasteiger partial charge in [-0.05, 0) is 63.4 Å². The molecule has 27 heavy (non-hydrogen) atoms. The Morgan fingerprint density at radius 1 is 0.889 bits per heavy atom. The van der Waals surface area contributed by atoms with Crippen LogP contribution in [0, 0.1) is 5.92 Å². The normalized spacial score (nSPS) is 20.6. The van der Waals surface area contributed by atoms with E-state index in [9.17, 15) is 4.79 Å². The zero-order valence-corrected chi connectivity index (χ0v) is 17.4. The molecule has 1 aliphatic rings. The van der Waals surface area contributed by atoms with Crippen LogP contribution < -0.4 is 4.90 Å². The minimum atomic E-state index is 0. The van der Waals surface area contributed by atoms with Crippen LogP contribution in [-0.2, 0) is 4.79 Å². The molecule has 0 spiro atoms. The predicted molar refractivity (Wildman–Crippen MR) is 115 cm³/mol. The first-order valence-electron chi connectivity index (χ1n) is 9.64. The largest absolute Gasteiger partial charge is 0.310 e. The summed E-state index contributed by atoms with van der Waals surface area (Å²) in [4.78, 5) is 16.7. The molecule has 0 aliphatic heterocycles. The molecular formula is C23H31ClN2O. The van der Waals surface area contributed by atoms with Gasteiger partial charge in [-0.25, -0.2) is 0 Å². The van der Waals surface area contributed by atoms with Gasteiger partial charge in [-0.1, -0.05) is 48.5 Å². The summed E-state index contributed by atoms with van der Waals surface area (Å²) in [7, 11) is 4.35. The number of carbonyl (C=O) groups excluding carboxylic acids is 1. The van der Waals surface area contributed by atoms with Gasteiger partial charge in [0.25, 0.3) is 0 Å². The average Bonchev–Trinajstić information content (AvgIpc) is 2.65. The number of nitrogens with zero attached hydrogens (tertiary/aromatic N) is 2. The van der Waals surface area contributed by atoms with Crippen LogP contribution in [0.1, 0.15) is 44.2 Å². The molecule has 1 aliphatic carbocycles. The lowest BCUT2D eigenvalue weighted by Crippen LogP contribution is -2.42. The molecule has 1 amide bonds. The van der Waals surface area contributed by atoms with E-state index in [-0.39, 0.29) is 18.3 Å². The molecule has 146 valence electrons. The van der Waals surface area contributed by atoms with Crippen LogP contribution in [0.4, 0.5) is 5.69 Å². The van der Waals surface area contributed by atoms with E-state index in [1.54, 1.807) is 6.92 Å². The third-order valence-corrected chi connectivity index (χ3v) is 5.62. The van der Waals surface area contributed by atoms with Crippen LogP contribution in [0.5, 0.6) is 0 Å². The number of halogens is 1. The molecule has 2 aromatic rings. The molecule has 1 saturated carbocycles. The SMILES string of the molecule is CC(=O)N(c1ccccc1)C1CCC(C(c2ccccc2)N(C)C)CC1.Cl. The maximum Gasteiger partial charge on any atom is 0.224 e. The topological polar surface area (TPSA) is 23.6 Å². The van der Waals surface area contributed by atoms with Crippen LogP contribution in [0.15, 0.2) is 60.7 Å². The summed E-state index contributed by atoms with van der Waals surface area (Å²) in [6, 6.07) is 21.7. The third-order valence-electron chi connectivity index (χ3n) is 5.62. The van der Waals surface area contributed by atoms with E-state index in [1.807, 2.05) is 35.2 Å². The molecule has 0 bridgehead atoms. The number of rotatable bonds is 5. The highest BCUT2D eigenvalue weighted by Crippen LogP contribution is 2.39. The lowest BCUT2D eigenvalue weighted by atomic mass is 9.78. The summed E-state index contributed by atoms with van der Waals surface area (Å²) in [6.45, 7) is 1.69. The van der Waals surface area contributed by atoms with E-state index >= 15 is 0 Å². The van der Waals surface area contributed by atoms with Gasteiger partial charge in [-0.15, -0.1) is 12.4 Å². The van der Waals surface area contributed by atoms with Gasteiger partial charge in [0.05, 0.1) is 0 Å². The summed E-state index contributed by atoms with van der Waals surface area (Å²) in [6.07, 6.45) is 4.44. The molecule has 1 unspecified atom stereocenters. The number of amides is 1. The van der Waals surface area contributed by atoms with Gasteiger partial charge in [0.15, 0.2) is 0 Å². The molecule has 0 radical (unpaired) electrons. The number of para-hydroxylation sites is 1. The third kappa shape index (κ3) is 5.12. The monoisotopic (exact) mass is 386 g/mol. The first-order chi connectivity index (χ1) is 12.6. The highest BCUT2D eigenvalue weighted by Gasteiger charge is 2.33. The summed E-state index contributed by atoms with van der Waals surface area (Å²) in [5.41, 5.74) is 2.42. The second-order valence-electron chi connectivity index (χ2n) is 7.61. The van der Waals surface area contributed by atoms with Crippen molar-refractivity contribution in [1.29, 1.82) is 0 Å².